The van der Waals surface area contributed by atoms with E-state index in [1.165, 1.54) is 4.90 Å². The zero-order valence-electron chi connectivity index (χ0n) is 18.8. The average molecular weight is 480 g/mol. The Bertz CT molecular complexity index is 1030. The topological polar surface area (TPSA) is 86.8 Å². The summed E-state index contributed by atoms with van der Waals surface area (Å²) in [5, 5.41) is 3.03. The quantitative estimate of drug-likeness (QED) is 0.567. The number of carbonyl (C=O) groups is 2. The molecule has 2 amide bonds. The van der Waals surface area contributed by atoms with Gasteiger partial charge in [0.05, 0.1) is 17.0 Å². The monoisotopic (exact) mass is 479 g/mol. The molecular weight excluding hydrogens is 450 g/mol. The van der Waals surface area contributed by atoms with Gasteiger partial charge in [-0.3, -0.25) is 13.9 Å². The normalized spacial score (nSPS) is 12.3. The van der Waals surface area contributed by atoms with E-state index in [0.717, 1.165) is 16.1 Å². The van der Waals surface area contributed by atoms with Crippen molar-refractivity contribution in [3.05, 3.63) is 65.2 Å². The Hall–Kier alpha value is -2.58. The Kier molecular flexibility index (Phi) is 9.09. The summed E-state index contributed by atoms with van der Waals surface area (Å²) in [7, 11) is -3.80. The maximum absolute atomic E-state index is 13.3. The first kappa shape index (κ1) is 25.7. The predicted molar refractivity (Wildman–Crippen MR) is 128 cm³/mol. The number of nitrogens with zero attached hydrogens (tertiary/aromatic N) is 2. The van der Waals surface area contributed by atoms with E-state index in [-0.39, 0.29) is 29.2 Å². The molecule has 0 aliphatic carbocycles. The van der Waals surface area contributed by atoms with Gasteiger partial charge in [0.25, 0.3) is 0 Å². The van der Waals surface area contributed by atoms with E-state index in [1.807, 2.05) is 44.2 Å². The average Bonchev–Trinajstić information content (AvgIpc) is 2.72. The highest BCUT2D eigenvalue weighted by atomic mass is 35.5. The van der Waals surface area contributed by atoms with Gasteiger partial charge in [0.15, 0.2) is 0 Å². The molecule has 0 fully saturated rings. The summed E-state index contributed by atoms with van der Waals surface area (Å²) in [4.78, 5) is 27.4. The molecule has 0 saturated heterocycles. The summed E-state index contributed by atoms with van der Waals surface area (Å²) in [6, 6.07) is 15.1. The van der Waals surface area contributed by atoms with E-state index >= 15 is 0 Å². The zero-order valence-corrected chi connectivity index (χ0v) is 20.4. The van der Waals surface area contributed by atoms with E-state index in [1.54, 1.807) is 31.2 Å². The Morgan fingerprint density at radius 3 is 2.16 bits per heavy atom. The highest BCUT2D eigenvalue weighted by molar-refractivity contribution is 7.92. The maximum Gasteiger partial charge on any atom is 0.244 e. The van der Waals surface area contributed by atoms with Gasteiger partial charge in [-0.25, -0.2) is 8.42 Å². The summed E-state index contributed by atoms with van der Waals surface area (Å²) in [5.74, 6) is -0.789. The van der Waals surface area contributed by atoms with Gasteiger partial charge < -0.3 is 10.2 Å². The number of halogens is 1. The summed E-state index contributed by atoms with van der Waals surface area (Å²) in [6.45, 7) is 5.11. The van der Waals surface area contributed by atoms with E-state index in [2.05, 4.69) is 5.32 Å². The lowest BCUT2D eigenvalue weighted by Gasteiger charge is -2.32. The van der Waals surface area contributed by atoms with Crippen LogP contribution in [0, 0.1) is 0 Å². The number of hydrogen-bond donors (Lipinski definition) is 1. The zero-order chi connectivity index (χ0) is 23.9. The van der Waals surface area contributed by atoms with Crippen molar-refractivity contribution in [2.75, 3.05) is 23.7 Å². The van der Waals surface area contributed by atoms with E-state index in [4.69, 9.17) is 11.6 Å². The van der Waals surface area contributed by atoms with Crippen LogP contribution in [0.25, 0.3) is 0 Å². The Morgan fingerprint density at radius 2 is 1.59 bits per heavy atom. The van der Waals surface area contributed by atoms with Crippen LogP contribution in [-0.2, 0) is 26.0 Å². The minimum absolute atomic E-state index is 0.0910. The van der Waals surface area contributed by atoms with Gasteiger partial charge in [-0.15, -0.1) is 0 Å². The van der Waals surface area contributed by atoms with Gasteiger partial charge in [0, 0.05) is 12.6 Å². The molecule has 2 aromatic rings. The molecule has 0 aromatic heterocycles. The number of para-hydroxylation sites is 1. The van der Waals surface area contributed by atoms with Crippen LogP contribution in [0.1, 0.15) is 26.3 Å². The number of hydrogen-bond acceptors (Lipinski definition) is 4. The number of amides is 2. The van der Waals surface area contributed by atoms with Crippen molar-refractivity contribution in [2.24, 2.45) is 0 Å². The largest absolute Gasteiger partial charge is 0.352 e. The lowest BCUT2D eigenvalue weighted by atomic mass is 10.1. The number of nitrogens with one attached hydrogen (secondary N) is 1. The molecule has 174 valence electrons. The molecule has 0 aliphatic heterocycles. The van der Waals surface area contributed by atoms with Crippen molar-refractivity contribution in [3.63, 3.8) is 0 Å². The van der Waals surface area contributed by atoms with Gasteiger partial charge in [-0.2, -0.15) is 0 Å². The predicted octanol–water partition coefficient (Wildman–Crippen LogP) is 3.09. The molecule has 0 spiro atoms. The first-order chi connectivity index (χ1) is 15.0. The fourth-order valence-electron chi connectivity index (χ4n) is 3.22. The van der Waals surface area contributed by atoms with Crippen LogP contribution in [0.3, 0.4) is 0 Å². The minimum atomic E-state index is -3.80. The van der Waals surface area contributed by atoms with E-state index in [9.17, 15) is 18.0 Å². The molecule has 2 rings (SSSR count). The number of sulfonamides is 1. The SMILES string of the molecule is CC(C)NC(=O)[C@@H](C)N(CCc1ccccc1)C(=O)CN(c1ccccc1Cl)S(C)(=O)=O. The van der Waals surface area contributed by atoms with Crippen molar-refractivity contribution in [2.45, 2.75) is 39.3 Å². The molecule has 0 unspecified atom stereocenters. The van der Waals surface area contributed by atoms with Crippen LogP contribution >= 0.6 is 11.6 Å². The van der Waals surface area contributed by atoms with Crippen LogP contribution < -0.4 is 9.62 Å². The summed E-state index contributed by atoms with van der Waals surface area (Å²) in [6.07, 6.45) is 1.55. The molecule has 1 N–H and O–H groups in total. The van der Waals surface area contributed by atoms with Crippen LogP contribution in [0.15, 0.2) is 54.6 Å². The second-order valence-electron chi connectivity index (χ2n) is 7.88. The van der Waals surface area contributed by atoms with Crippen LogP contribution in [0.2, 0.25) is 5.02 Å². The van der Waals surface area contributed by atoms with Gasteiger partial charge in [0.1, 0.15) is 12.6 Å². The molecule has 0 radical (unpaired) electrons. The summed E-state index contributed by atoms with van der Waals surface area (Å²) < 4.78 is 25.9. The van der Waals surface area contributed by atoms with E-state index < -0.39 is 28.5 Å². The minimum Gasteiger partial charge on any atom is -0.352 e. The fourth-order valence-corrected chi connectivity index (χ4v) is 4.37. The third-order valence-corrected chi connectivity index (χ3v) is 6.33. The van der Waals surface area contributed by atoms with Crippen molar-refractivity contribution in [1.82, 2.24) is 10.2 Å². The Balaban J connectivity index is 2.32. The summed E-state index contributed by atoms with van der Waals surface area (Å²) >= 11 is 6.20. The molecule has 0 saturated carbocycles. The first-order valence-corrected chi connectivity index (χ1v) is 12.6. The second-order valence-corrected chi connectivity index (χ2v) is 10.2. The molecule has 32 heavy (non-hydrogen) atoms. The van der Waals surface area contributed by atoms with E-state index in [0.29, 0.717) is 6.42 Å². The number of rotatable bonds is 10. The standard InChI is InChI=1S/C23H30ClN3O4S/c1-17(2)25-23(29)18(3)26(15-14-19-10-6-5-7-11-19)22(28)16-27(32(4,30)31)21-13-9-8-12-20(21)24/h5-13,17-18H,14-16H2,1-4H3,(H,25,29)/t18-/m1/s1. The maximum atomic E-state index is 13.3. The van der Waals surface area contributed by atoms with Gasteiger partial charge in [-0.1, -0.05) is 54.1 Å². The van der Waals surface area contributed by atoms with Gasteiger partial charge in [0.2, 0.25) is 21.8 Å². The lowest BCUT2D eigenvalue weighted by molar-refractivity contribution is -0.139. The van der Waals surface area contributed by atoms with Gasteiger partial charge >= 0.3 is 0 Å². The molecule has 1 atom stereocenters. The van der Waals surface area contributed by atoms with Crippen molar-refractivity contribution >= 4 is 39.1 Å². The highest BCUT2D eigenvalue weighted by Gasteiger charge is 2.30. The third kappa shape index (κ3) is 7.24. The van der Waals surface area contributed by atoms with Crippen LogP contribution in [0.5, 0.6) is 0 Å². The molecule has 9 heteroatoms. The molecule has 2 aromatic carbocycles. The molecule has 0 bridgehead atoms. The van der Waals surface area contributed by atoms with Crippen molar-refractivity contribution in [1.29, 1.82) is 0 Å². The highest BCUT2D eigenvalue weighted by Crippen LogP contribution is 2.27. The fraction of sp³-hybridized carbons (Fsp3) is 0.391. The number of anilines is 1. The molecule has 0 aliphatic rings. The lowest BCUT2D eigenvalue weighted by Crippen LogP contribution is -2.53. The number of benzene rings is 2. The first-order valence-electron chi connectivity index (χ1n) is 10.4. The van der Waals surface area contributed by atoms with Crippen LogP contribution in [0.4, 0.5) is 5.69 Å². The Labute approximate surface area is 195 Å². The smallest absolute Gasteiger partial charge is 0.244 e. The molecule has 7 nitrogen and oxygen atoms in total. The Morgan fingerprint density at radius 1 is 1.00 bits per heavy atom. The number of carbonyl (C=O) groups excluding carboxylic acids is 2. The molecule has 0 heterocycles. The van der Waals surface area contributed by atoms with Crippen molar-refractivity contribution in [3.8, 4) is 0 Å². The van der Waals surface area contributed by atoms with Crippen LogP contribution in [-0.4, -0.2) is 56.6 Å². The molecular formula is C23H30ClN3O4S. The summed E-state index contributed by atoms with van der Waals surface area (Å²) in [5.41, 5.74) is 1.22. The second kappa shape index (κ2) is 11.3. The van der Waals surface area contributed by atoms with Crippen molar-refractivity contribution < 1.29 is 18.0 Å². The van der Waals surface area contributed by atoms with Gasteiger partial charge in [-0.05, 0) is 44.9 Å². The third-order valence-electron chi connectivity index (χ3n) is 4.88.